The number of halogens is 1. The number of hydrogen-bond donors (Lipinski definition) is 0. The zero-order chi connectivity index (χ0) is 13.4. The molecule has 0 saturated heterocycles. The number of hydrogen-bond acceptors (Lipinski definition) is 3. The summed E-state index contributed by atoms with van der Waals surface area (Å²) in [5.74, 6) is 0.320. The van der Waals surface area contributed by atoms with Crippen LogP contribution in [0, 0.1) is 5.92 Å². The van der Waals surface area contributed by atoms with Crippen LogP contribution in [0.2, 0.25) is 0 Å². The van der Waals surface area contributed by atoms with E-state index in [1.54, 1.807) is 0 Å². The van der Waals surface area contributed by atoms with Gasteiger partial charge in [0.05, 0.1) is 12.6 Å². The number of aromatic nitrogens is 2. The lowest BCUT2D eigenvalue weighted by Crippen LogP contribution is -2.22. The number of benzene rings is 1. The first-order valence-electron chi connectivity index (χ1n) is 6.43. The van der Waals surface area contributed by atoms with Gasteiger partial charge in [0.15, 0.2) is 5.69 Å². The van der Waals surface area contributed by atoms with Crippen molar-refractivity contribution >= 4 is 32.8 Å². The first-order valence-corrected chi connectivity index (χ1v) is 7.22. The van der Waals surface area contributed by atoms with E-state index in [0.29, 0.717) is 11.6 Å². The van der Waals surface area contributed by atoms with Gasteiger partial charge in [0.25, 0.3) is 0 Å². The number of ether oxygens (including phenoxy) is 1. The second-order valence-electron chi connectivity index (χ2n) is 4.98. The summed E-state index contributed by atoms with van der Waals surface area (Å²) < 4.78 is 7.65. The summed E-state index contributed by atoms with van der Waals surface area (Å²) in [6.45, 7) is 0.802. The van der Waals surface area contributed by atoms with E-state index in [1.807, 2.05) is 22.9 Å². The Kier molecular flexibility index (Phi) is 3.31. The van der Waals surface area contributed by atoms with Crippen LogP contribution in [0.1, 0.15) is 29.8 Å². The first-order chi connectivity index (χ1) is 9.19. The van der Waals surface area contributed by atoms with Gasteiger partial charge in [-0.25, -0.2) is 4.79 Å². The van der Waals surface area contributed by atoms with Crippen LogP contribution < -0.4 is 0 Å². The summed E-state index contributed by atoms with van der Waals surface area (Å²) in [5.41, 5.74) is 1.40. The Labute approximate surface area is 119 Å². The number of carbonyl (C=O) groups excluding carboxylic acids is 1. The molecular formula is C14H15BrN2O2. The van der Waals surface area contributed by atoms with Crippen molar-refractivity contribution in [3.8, 4) is 0 Å². The fourth-order valence-corrected chi connectivity index (χ4v) is 2.83. The standard InChI is InChI=1S/C14H15BrN2O2/c1-19-14(18)13-11-7-10(15)5-6-12(11)16-17(13)8-9-3-2-4-9/h5-7,9H,2-4,8H2,1H3. The monoisotopic (exact) mass is 322 g/mol. The maximum atomic E-state index is 12.0. The second kappa shape index (κ2) is 4.96. The maximum absolute atomic E-state index is 12.0. The van der Waals surface area contributed by atoms with Gasteiger partial charge >= 0.3 is 5.97 Å². The Morgan fingerprint density at radius 1 is 1.53 bits per heavy atom. The van der Waals surface area contributed by atoms with Crippen molar-refractivity contribution < 1.29 is 9.53 Å². The number of rotatable bonds is 3. The van der Waals surface area contributed by atoms with Gasteiger partial charge in [0.2, 0.25) is 0 Å². The molecule has 1 saturated carbocycles. The molecule has 1 heterocycles. The number of fused-ring (bicyclic) bond motifs is 1. The number of methoxy groups -OCH3 is 1. The third kappa shape index (κ3) is 2.27. The van der Waals surface area contributed by atoms with Crippen molar-refractivity contribution in [1.82, 2.24) is 9.78 Å². The van der Waals surface area contributed by atoms with Crippen LogP contribution in [0.5, 0.6) is 0 Å². The quantitative estimate of drug-likeness (QED) is 0.813. The largest absolute Gasteiger partial charge is 0.464 e. The molecule has 100 valence electrons. The maximum Gasteiger partial charge on any atom is 0.356 e. The van der Waals surface area contributed by atoms with E-state index < -0.39 is 0 Å². The van der Waals surface area contributed by atoms with Gasteiger partial charge in [-0.15, -0.1) is 0 Å². The Balaban J connectivity index is 2.10. The van der Waals surface area contributed by atoms with Crippen molar-refractivity contribution in [3.63, 3.8) is 0 Å². The van der Waals surface area contributed by atoms with E-state index in [0.717, 1.165) is 21.9 Å². The molecule has 2 aromatic rings. The Hall–Kier alpha value is -1.36. The van der Waals surface area contributed by atoms with Gasteiger partial charge in [-0.3, -0.25) is 4.68 Å². The van der Waals surface area contributed by atoms with E-state index in [4.69, 9.17) is 4.74 Å². The summed E-state index contributed by atoms with van der Waals surface area (Å²) in [5, 5.41) is 5.39. The molecule has 5 heteroatoms. The van der Waals surface area contributed by atoms with E-state index >= 15 is 0 Å². The SMILES string of the molecule is COC(=O)c1c2cc(Br)ccc2nn1CC1CCC1. The molecule has 0 amide bonds. The lowest BCUT2D eigenvalue weighted by atomic mass is 9.85. The number of carbonyl (C=O) groups is 1. The molecule has 1 aliphatic carbocycles. The predicted octanol–water partition coefficient (Wildman–Crippen LogP) is 3.39. The van der Waals surface area contributed by atoms with E-state index in [9.17, 15) is 4.79 Å². The Bertz CT molecular complexity index is 632. The predicted molar refractivity (Wildman–Crippen MR) is 76.1 cm³/mol. The molecule has 0 spiro atoms. The molecule has 0 bridgehead atoms. The highest BCUT2D eigenvalue weighted by molar-refractivity contribution is 9.10. The fourth-order valence-electron chi connectivity index (χ4n) is 2.47. The van der Waals surface area contributed by atoms with Gasteiger partial charge in [0.1, 0.15) is 0 Å². The van der Waals surface area contributed by atoms with E-state index in [1.165, 1.54) is 26.4 Å². The highest BCUT2D eigenvalue weighted by atomic mass is 79.9. The Morgan fingerprint density at radius 2 is 2.32 bits per heavy atom. The minimum absolute atomic E-state index is 0.320. The van der Waals surface area contributed by atoms with Crippen LogP contribution in [-0.4, -0.2) is 22.9 Å². The van der Waals surface area contributed by atoms with Crippen LogP contribution in [0.25, 0.3) is 10.9 Å². The smallest absolute Gasteiger partial charge is 0.356 e. The molecule has 1 fully saturated rings. The third-order valence-electron chi connectivity index (χ3n) is 3.73. The molecule has 0 N–H and O–H groups in total. The molecule has 4 nitrogen and oxygen atoms in total. The zero-order valence-corrected chi connectivity index (χ0v) is 12.3. The molecule has 0 atom stereocenters. The van der Waals surface area contributed by atoms with Gasteiger partial charge in [-0.05, 0) is 37.0 Å². The lowest BCUT2D eigenvalue weighted by Gasteiger charge is -2.25. The van der Waals surface area contributed by atoms with Crippen LogP contribution >= 0.6 is 15.9 Å². The molecule has 1 aliphatic rings. The third-order valence-corrected chi connectivity index (χ3v) is 4.23. The molecule has 1 aromatic heterocycles. The first kappa shape index (κ1) is 12.7. The van der Waals surface area contributed by atoms with Crippen molar-refractivity contribution in [2.75, 3.05) is 7.11 Å². The van der Waals surface area contributed by atoms with Crippen molar-refractivity contribution in [1.29, 1.82) is 0 Å². The summed E-state index contributed by atoms with van der Waals surface area (Å²) in [7, 11) is 1.41. The average molecular weight is 323 g/mol. The zero-order valence-electron chi connectivity index (χ0n) is 10.7. The van der Waals surface area contributed by atoms with Crippen LogP contribution in [0.4, 0.5) is 0 Å². The fraction of sp³-hybridized carbons (Fsp3) is 0.429. The molecule has 0 radical (unpaired) electrons. The highest BCUT2D eigenvalue weighted by Crippen LogP contribution is 2.30. The van der Waals surface area contributed by atoms with Crippen LogP contribution in [0.15, 0.2) is 22.7 Å². The number of nitrogens with zero attached hydrogens (tertiary/aromatic N) is 2. The normalized spacial score (nSPS) is 15.5. The molecular weight excluding hydrogens is 308 g/mol. The summed E-state index contributed by atoms with van der Waals surface area (Å²) >= 11 is 3.43. The average Bonchev–Trinajstić information content (AvgIpc) is 2.70. The molecule has 19 heavy (non-hydrogen) atoms. The highest BCUT2D eigenvalue weighted by Gasteiger charge is 2.24. The summed E-state index contributed by atoms with van der Waals surface area (Å²) in [6, 6.07) is 5.78. The minimum atomic E-state index is -0.320. The van der Waals surface area contributed by atoms with Crippen molar-refractivity contribution in [3.05, 3.63) is 28.4 Å². The van der Waals surface area contributed by atoms with Gasteiger partial charge in [-0.1, -0.05) is 22.4 Å². The molecule has 1 aromatic carbocycles. The van der Waals surface area contributed by atoms with Gasteiger partial charge in [0, 0.05) is 16.4 Å². The minimum Gasteiger partial charge on any atom is -0.464 e. The lowest BCUT2D eigenvalue weighted by molar-refractivity contribution is 0.0585. The van der Waals surface area contributed by atoms with Crippen molar-refractivity contribution in [2.45, 2.75) is 25.8 Å². The molecule has 3 rings (SSSR count). The van der Waals surface area contributed by atoms with E-state index in [-0.39, 0.29) is 5.97 Å². The van der Waals surface area contributed by atoms with E-state index in [2.05, 4.69) is 21.0 Å². The van der Waals surface area contributed by atoms with Crippen LogP contribution in [0.3, 0.4) is 0 Å². The van der Waals surface area contributed by atoms with Gasteiger partial charge in [-0.2, -0.15) is 5.10 Å². The summed E-state index contributed by atoms with van der Waals surface area (Å²) in [6.07, 6.45) is 3.73. The second-order valence-corrected chi connectivity index (χ2v) is 5.90. The molecule has 0 unspecified atom stereocenters. The topological polar surface area (TPSA) is 44.1 Å². The molecule has 0 aliphatic heterocycles. The Morgan fingerprint density at radius 3 is 2.95 bits per heavy atom. The van der Waals surface area contributed by atoms with Crippen molar-refractivity contribution in [2.24, 2.45) is 5.92 Å². The number of esters is 1. The van der Waals surface area contributed by atoms with Crippen LogP contribution in [-0.2, 0) is 11.3 Å². The van der Waals surface area contributed by atoms with Gasteiger partial charge < -0.3 is 4.74 Å². The summed E-state index contributed by atoms with van der Waals surface area (Å²) in [4.78, 5) is 12.0.